The molecule has 0 atom stereocenters. The smallest absolute Gasteiger partial charge is 0.406 e. The highest BCUT2D eigenvalue weighted by Gasteiger charge is 2.19. The normalized spacial score (nSPS) is 11.2. The van der Waals surface area contributed by atoms with Crippen LogP contribution in [0.4, 0.5) is 4.79 Å². The summed E-state index contributed by atoms with van der Waals surface area (Å²) in [5.41, 5.74) is 6.76. The predicted octanol–water partition coefficient (Wildman–Crippen LogP) is 6.20. The number of aromatic nitrogens is 2. The number of hydrogen-bond donors (Lipinski definition) is 5. The van der Waals surface area contributed by atoms with Crippen LogP contribution in [0.25, 0.3) is 28.1 Å². The van der Waals surface area contributed by atoms with Crippen LogP contribution in [0.3, 0.4) is 0 Å². The van der Waals surface area contributed by atoms with Crippen LogP contribution in [-0.4, -0.2) is 96.6 Å². The number of nitrogens with zero attached hydrogens (tertiary/aromatic N) is 3. The third-order valence-electron chi connectivity index (χ3n) is 7.67. The van der Waals surface area contributed by atoms with Crippen molar-refractivity contribution >= 4 is 30.0 Å². The number of benzene rings is 2. The monoisotopic (exact) mass is 785 g/mol. The first-order chi connectivity index (χ1) is 27.6. The Morgan fingerprint density at radius 3 is 2.04 bits per heavy atom. The molecule has 1 aromatic heterocycles. The summed E-state index contributed by atoms with van der Waals surface area (Å²) in [6, 6.07) is 16.6. The molecule has 0 bridgehead atoms. The van der Waals surface area contributed by atoms with Crippen LogP contribution in [0, 0.1) is 25.7 Å². The number of piperidine rings is 1. The number of methoxy groups -OCH3 is 1. The van der Waals surface area contributed by atoms with Crippen LogP contribution in [0.5, 0.6) is 0 Å². The van der Waals surface area contributed by atoms with Crippen LogP contribution in [-0.2, 0) is 25.7 Å². The number of carbonyl (C=O) groups is 4. The highest BCUT2D eigenvalue weighted by molar-refractivity contribution is 5.80. The highest BCUT2D eigenvalue weighted by Crippen LogP contribution is 2.26. The second-order valence-electron chi connectivity index (χ2n) is 11.9. The molecule has 3 aromatic rings. The molecule has 1 aliphatic rings. The molecular formula is C44H63N7O6. The maximum absolute atomic E-state index is 12.4. The first-order valence-electron chi connectivity index (χ1n) is 18.6. The summed E-state index contributed by atoms with van der Waals surface area (Å²) in [6.07, 6.45) is 24.6. The summed E-state index contributed by atoms with van der Waals surface area (Å²) < 4.78 is 4.15. The number of nitrogens with one attached hydrogen (secondary N) is 4. The van der Waals surface area contributed by atoms with Gasteiger partial charge in [-0.2, -0.15) is 0 Å². The SMILES string of the molecule is C#C.C#C.C=C(CN(CCC)C(=O)CNC=O)N/C(=C\C)c1ccc(-c2ccc(-c3cnc(CN4CCCCC4=O)[nH]3)cc2)cc1.CCC.CNC(=O)OC.CO. The molecule has 1 saturated heterocycles. The van der Waals surface area contributed by atoms with Gasteiger partial charge in [0.2, 0.25) is 18.2 Å². The molecule has 4 amide bonds. The van der Waals surface area contributed by atoms with Gasteiger partial charge in [-0.05, 0) is 48.4 Å². The second kappa shape index (κ2) is 33.1. The summed E-state index contributed by atoms with van der Waals surface area (Å²) >= 11 is 0. The van der Waals surface area contributed by atoms with E-state index in [1.165, 1.54) is 20.6 Å². The van der Waals surface area contributed by atoms with Gasteiger partial charge in [0.05, 0.1) is 38.6 Å². The minimum atomic E-state index is -0.407. The quantitative estimate of drug-likeness (QED) is 0.0951. The number of ether oxygens (including phenoxy) is 1. The number of hydrogen-bond acceptors (Lipinski definition) is 8. The number of aliphatic hydroxyl groups is 1. The van der Waals surface area contributed by atoms with E-state index in [0.29, 0.717) is 38.2 Å². The zero-order valence-electron chi connectivity index (χ0n) is 34.8. The van der Waals surface area contributed by atoms with Crippen molar-refractivity contribution in [3.8, 4) is 48.1 Å². The van der Waals surface area contributed by atoms with Crippen molar-refractivity contribution in [1.29, 1.82) is 0 Å². The molecular weight excluding hydrogens is 723 g/mol. The lowest BCUT2D eigenvalue weighted by Crippen LogP contribution is -2.40. The van der Waals surface area contributed by atoms with Gasteiger partial charge in [0.15, 0.2) is 0 Å². The molecule has 0 unspecified atom stereocenters. The Bertz CT molecular complexity index is 1650. The minimum absolute atomic E-state index is 0.0282. The zero-order chi connectivity index (χ0) is 43.6. The average Bonchev–Trinajstić information content (AvgIpc) is 3.73. The van der Waals surface area contributed by atoms with Gasteiger partial charge >= 0.3 is 6.09 Å². The lowest BCUT2D eigenvalue weighted by atomic mass is 10.0. The van der Waals surface area contributed by atoms with Crippen LogP contribution in [0.2, 0.25) is 0 Å². The van der Waals surface area contributed by atoms with Gasteiger partial charge in [-0.25, -0.2) is 9.78 Å². The number of aliphatic hydroxyl groups excluding tert-OH is 1. The standard InChI is InChI=1S/C33H40N6O3.C3H7NO2.C3H8.2C2H2.CH4O/c1-4-17-38(33(42)20-34-23-40)21-24(3)36-29(5-2)27-13-9-25(10-14-27)26-11-15-28(16-12-26)30-19-35-31(37-30)22-39-18-7-6-8-32(39)41;1-4-3(5)6-2;1-3-2;3*1-2/h5,9-16,19,23,36H,3-4,6-8,17-18,20-22H2,1-2H3,(H,34,40)(H,35,37);1-2H3,(H,4,5);3H2,1-2H3;2*1-2H;2H,1H3/b29-5-;;;;;. The number of H-pyrrole nitrogens is 1. The van der Waals surface area contributed by atoms with Gasteiger partial charge in [-0.1, -0.05) is 88.4 Å². The molecule has 1 aliphatic heterocycles. The van der Waals surface area contributed by atoms with Crippen LogP contribution in [0.1, 0.15) is 71.2 Å². The first-order valence-corrected chi connectivity index (χ1v) is 18.6. The van der Waals surface area contributed by atoms with Crippen molar-refractivity contribution in [2.24, 2.45) is 0 Å². The number of imidazole rings is 1. The van der Waals surface area contributed by atoms with E-state index < -0.39 is 6.09 Å². The molecule has 0 spiro atoms. The van der Waals surface area contributed by atoms with E-state index in [1.54, 1.807) is 4.90 Å². The van der Waals surface area contributed by atoms with E-state index in [0.717, 1.165) is 72.4 Å². The largest absolute Gasteiger partial charge is 0.453 e. The Kier molecular flexibility index (Phi) is 30.6. The molecule has 0 aliphatic carbocycles. The van der Waals surface area contributed by atoms with Crippen molar-refractivity contribution in [2.45, 2.75) is 66.3 Å². The van der Waals surface area contributed by atoms with Gasteiger partial charge in [-0.15, -0.1) is 25.7 Å². The fraction of sp³-hybridized carbons (Fsp3) is 0.386. The number of likely N-dealkylation sites (tertiary alicyclic amines) is 1. The van der Waals surface area contributed by atoms with Crippen molar-refractivity contribution in [1.82, 2.24) is 35.7 Å². The Balaban J connectivity index is 0. The highest BCUT2D eigenvalue weighted by atomic mass is 16.5. The fourth-order valence-electron chi connectivity index (χ4n) is 5.16. The number of allylic oxidation sites excluding steroid dienone is 1. The van der Waals surface area contributed by atoms with E-state index in [-0.39, 0.29) is 18.4 Å². The lowest BCUT2D eigenvalue weighted by Gasteiger charge is -2.25. The van der Waals surface area contributed by atoms with Crippen molar-refractivity contribution < 1.29 is 29.0 Å². The van der Waals surface area contributed by atoms with Gasteiger partial charge in [0, 0.05) is 45.1 Å². The average molecular weight is 786 g/mol. The fourth-order valence-corrected chi connectivity index (χ4v) is 5.16. The maximum Gasteiger partial charge on any atom is 0.406 e. The van der Waals surface area contributed by atoms with Gasteiger partial charge in [0.25, 0.3) is 0 Å². The number of alkyl carbamates (subject to hydrolysis) is 1. The maximum atomic E-state index is 12.4. The minimum Gasteiger partial charge on any atom is -0.453 e. The van der Waals surface area contributed by atoms with Crippen LogP contribution < -0.4 is 16.0 Å². The van der Waals surface area contributed by atoms with Crippen LogP contribution in [0.15, 0.2) is 73.1 Å². The molecule has 57 heavy (non-hydrogen) atoms. The molecule has 4 rings (SSSR count). The number of amides is 4. The third kappa shape index (κ3) is 20.3. The lowest BCUT2D eigenvalue weighted by molar-refractivity contribution is -0.134. The van der Waals surface area contributed by atoms with Crippen molar-refractivity contribution in [2.75, 3.05) is 47.4 Å². The summed E-state index contributed by atoms with van der Waals surface area (Å²) in [6.45, 7) is 14.6. The molecule has 2 aromatic carbocycles. The van der Waals surface area contributed by atoms with Gasteiger partial charge < -0.3 is 40.6 Å². The Morgan fingerprint density at radius 1 is 1.00 bits per heavy atom. The number of terminal acetylenes is 2. The van der Waals surface area contributed by atoms with E-state index in [1.807, 2.05) is 31.0 Å². The summed E-state index contributed by atoms with van der Waals surface area (Å²) in [5.74, 6) is 0.855. The van der Waals surface area contributed by atoms with Crippen LogP contribution >= 0.6 is 0 Å². The van der Waals surface area contributed by atoms with E-state index in [4.69, 9.17) is 5.11 Å². The van der Waals surface area contributed by atoms with E-state index in [2.05, 4.69) is 125 Å². The second-order valence-corrected chi connectivity index (χ2v) is 11.9. The molecule has 1 fully saturated rings. The Hall–Kier alpha value is -6.31. The van der Waals surface area contributed by atoms with E-state index >= 15 is 0 Å². The van der Waals surface area contributed by atoms with E-state index in [9.17, 15) is 19.2 Å². The predicted molar refractivity (Wildman–Crippen MR) is 231 cm³/mol. The van der Waals surface area contributed by atoms with Crippen molar-refractivity contribution in [3.63, 3.8) is 0 Å². The topological polar surface area (TPSA) is 169 Å². The van der Waals surface area contributed by atoms with Gasteiger partial charge in [0.1, 0.15) is 5.82 Å². The molecule has 0 radical (unpaired) electrons. The van der Waals surface area contributed by atoms with Gasteiger partial charge in [-0.3, -0.25) is 14.4 Å². The summed E-state index contributed by atoms with van der Waals surface area (Å²) in [4.78, 5) is 56.4. The number of carbonyl (C=O) groups excluding carboxylic acids is 4. The number of aromatic amines is 1. The summed E-state index contributed by atoms with van der Waals surface area (Å²) in [7, 11) is 3.82. The molecule has 13 nitrogen and oxygen atoms in total. The molecule has 2 heterocycles. The molecule has 310 valence electrons. The molecule has 5 N–H and O–H groups in total. The van der Waals surface area contributed by atoms with Crippen molar-refractivity contribution in [3.05, 3.63) is 84.5 Å². The zero-order valence-corrected chi connectivity index (χ0v) is 34.8. The first kappa shape index (κ1) is 52.8. The number of rotatable bonds is 14. The summed E-state index contributed by atoms with van der Waals surface area (Å²) in [5, 5.41) is 15.0. The molecule has 0 saturated carbocycles. The Labute approximate surface area is 340 Å². The molecule has 13 heteroatoms. The Morgan fingerprint density at radius 2 is 1.56 bits per heavy atom. The third-order valence-corrected chi connectivity index (χ3v) is 7.67.